The normalized spacial score (nSPS) is 22.3. The first kappa shape index (κ1) is 17.1. The third kappa shape index (κ3) is 2.51. The molecule has 6 rings (SSSR count). The zero-order valence-electron chi connectivity index (χ0n) is 16.3. The number of piperidine rings is 1. The minimum Gasteiger partial charge on any atom is -0.355 e. The fourth-order valence-electron chi connectivity index (χ4n) is 4.51. The third-order valence-corrected chi connectivity index (χ3v) is 6.27. The highest BCUT2D eigenvalue weighted by Crippen LogP contribution is 2.44. The fraction of sp³-hybridized carbons (Fsp3) is 0.286. The number of nitrogens with zero attached hydrogens (tertiary/aromatic N) is 8. The molecule has 3 atom stereocenters. The summed E-state index contributed by atoms with van der Waals surface area (Å²) in [4.78, 5) is 11.6. The van der Waals surface area contributed by atoms with Gasteiger partial charge in [-0.25, -0.2) is 9.50 Å². The summed E-state index contributed by atoms with van der Waals surface area (Å²) in [5.41, 5.74) is 10.7. The molecule has 2 aliphatic rings. The van der Waals surface area contributed by atoms with Crippen molar-refractivity contribution in [2.45, 2.75) is 6.04 Å². The van der Waals surface area contributed by atoms with Crippen LogP contribution in [0.15, 0.2) is 43.2 Å². The van der Waals surface area contributed by atoms with Crippen LogP contribution in [-0.4, -0.2) is 48.5 Å². The van der Waals surface area contributed by atoms with Gasteiger partial charge in [-0.3, -0.25) is 9.67 Å². The van der Waals surface area contributed by atoms with Gasteiger partial charge in [0.15, 0.2) is 0 Å². The van der Waals surface area contributed by atoms with E-state index in [1.54, 1.807) is 34.0 Å². The van der Waals surface area contributed by atoms with E-state index in [0.29, 0.717) is 29.1 Å². The van der Waals surface area contributed by atoms with Gasteiger partial charge in [-0.05, 0) is 17.9 Å². The second kappa shape index (κ2) is 6.11. The molecule has 1 aliphatic carbocycles. The Bertz CT molecular complexity index is 1300. The van der Waals surface area contributed by atoms with Crippen LogP contribution < -0.4 is 10.6 Å². The summed E-state index contributed by atoms with van der Waals surface area (Å²) in [5, 5.41) is 18.2. The van der Waals surface area contributed by atoms with Crippen LogP contribution in [0.5, 0.6) is 0 Å². The SMILES string of the molecule is Cn1cc(-c2cc(-c3cnc(N4C[C@@H]5C(N)[C@@H]5C4)cn3)c3c(C#N)cnn3c2)cn1. The molecule has 9 nitrogen and oxygen atoms in total. The molecule has 9 heteroatoms. The molecule has 148 valence electrons. The molecule has 0 bridgehead atoms. The molecular formula is C21H19N9. The van der Waals surface area contributed by atoms with E-state index < -0.39 is 0 Å². The van der Waals surface area contributed by atoms with Gasteiger partial charge in [0.1, 0.15) is 11.9 Å². The highest BCUT2D eigenvalue weighted by atomic mass is 15.3. The molecule has 2 fully saturated rings. The molecule has 1 unspecified atom stereocenters. The van der Waals surface area contributed by atoms with Gasteiger partial charge in [0.2, 0.25) is 0 Å². The van der Waals surface area contributed by atoms with E-state index in [1.807, 2.05) is 25.5 Å². The Morgan fingerprint density at radius 1 is 1.03 bits per heavy atom. The lowest BCUT2D eigenvalue weighted by atomic mass is 10.0. The first-order valence-electron chi connectivity index (χ1n) is 9.86. The lowest BCUT2D eigenvalue weighted by molar-refractivity contribution is 0.734. The summed E-state index contributed by atoms with van der Waals surface area (Å²) in [5.74, 6) is 2.05. The van der Waals surface area contributed by atoms with Gasteiger partial charge >= 0.3 is 0 Å². The van der Waals surface area contributed by atoms with Crippen LogP contribution in [0.4, 0.5) is 5.82 Å². The van der Waals surface area contributed by atoms with Crippen molar-refractivity contribution in [1.29, 1.82) is 5.26 Å². The number of nitriles is 1. The summed E-state index contributed by atoms with van der Waals surface area (Å²) in [6, 6.07) is 4.59. The van der Waals surface area contributed by atoms with E-state index in [0.717, 1.165) is 41.1 Å². The van der Waals surface area contributed by atoms with Crippen LogP contribution in [-0.2, 0) is 7.05 Å². The maximum Gasteiger partial charge on any atom is 0.147 e. The van der Waals surface area contributed by atoms with Crippen molar-refractivity contribution >= 4 is 11.3 Å². The molecule has 2 N–H and O–H groups in total. The Kier molecular flexibility index (Phi) is 3.49. The van der Waals surface area contributed by atoms with Crippen LogP contribution in [0.1, 0.15) is 5.56 Å². The van der Waals surface area contributed by atoms with E-state index in [-0.39, 0.29) is 0 Å². The summed E-state index contributed by atoms with van der Waals surface area (Å²) >= 11 is 0. The quantitative estimate of drug-likeness (QED) is 0.556. The van der Waals surface area contributed by atoms with Gasteiger partial charge in [0, 0.05) is 55.3 Å². The Hall–Kier alpha value is -3.77. The average molecular weight is 397 g/mol. The molecule has 30 heavy (non-hydrogen) atoms. The molecular weight excluding hydrogens is 378 g/mol. The molecule has 0 spiro atoms. The summed E-state index contributed by atoms with van der Waals surface area (Å²) in [7, 11) is 1.88. The molecule has 4 aromatic heterocycles. The van der Waals surface area contributed by atoms with Crippen LogP contribution in [0.3, 0.4) is 0 Å². The monoisotopic (exact) mass is 397 g/mol. The third-order valence-electron chi connectivity index (χ3n) is 6.27. The lowest BCUT2D eigenvalue weighted by Crippen LogP contribution is -2.28. The van der Waals surface area contributed by atoms with Gasteiger partial charge < -0.3 is 10.6 Å². The van der Waals surface area contributed by atoms with Crippen molar-refractivity contribution in [3.8, 4) is 28.5 Å². The van der Waals surface area contributed by atoms with Crippen LogP contribution in [0, 0.1) is 23.2 Å². The summed E-state index contributed by atoms with van der Waals surface area (Å²) in [6.07, 6.45) is 10.8. The Morgan fingerprint density at radius 3 is 2.53 bits per heavy atom. The average Bonchev–Trinajstić information content (AvgIpc) is 3.26. The first-order chi connectivity index (χ1) is 14.6. The van der Waals surface area contributed by atoms with Crippen molar-refractivity contribution in [3.05, 3.63) is 48.8 Å². The maximum absolute atomic E-state index is 9.55. The fourth-order valence-corrected chi connectivity index (χ4v) is 4.51. The number of fused-ring (bicyclic) bond motifs is 2. The Balaban J connectivity index is 1.43. The highest BCUT2D eigenvalue weighted by molar-refractivity contribution is 5.86. The van der Waals surface area contributed by atoms with E-state index in [9.17, 15) is 5.26 Å². The molecule has 1 saturated heterocycles. The zero-order valence-corrected chi connectivity index (χ0v) is 16.3. The summed E-state index contributed by atoms with van der Waals surface area (Å²) in [6.45, 7) is 1.89. The van der Waals surface area contributed by atoms with Gasteiger partial charge in [-0.1, -0.05) is 0 Å². The topological polar surface area (TPSA) is 114 Å². The molecule has 0 aromatic carbocycles. The summed E-state index contributed by atoms with van der Waals surface area (Å²) < 4.78 is 3.48. The molecule has 1 saturated carbocycles. The second-order valence-electron chi connectivity index (χ2n) is 8.08. The number of aromatic nitrogens is 6. The second-order valence-corrected chi connectivity index (χ2v) is 8.08. The largest absolute Gasteiger partial charge is 0.355 e. The molecule has 1 aliphatic heterocycles. The van der Waals surface area contributed by atoms with Gasteiger partial charge in [-0.2, -0.15) is 15.5 Å². The molecule has 5 heterocycles. The van der Waals surface area contributed by atoms with Gasteiger partial charge in [0.25, 0.3) is 0 Å². The Labute approximate surface area is 172 Å². The number of nitrogens with two attached hydrogens (primary N) is 1. The van der Waals surface area contributed by atoms with Crippen molar-refractivity contribution in [2.75, 3.05) is 18.0 Å². The van der Waals surface area contributed by atoms with E-state index in [1.165, 1.54) is 0 Å². The zero-order chi connectivity index (χ0) is 20.4. The molecule has 0 amide bonds. The predicted molar refractivity (Wildman–Crippen MR) is 110 cm³/mol. The highest BCUT2D eigenvalue weighted by Gasteiger charge is 2.53. The number of hydrogen-bond donors (Lipinski definition) is 1. The van der Waals surface area contributed by atoms with Crippen molar-refractivity contribution in [2.24, 2.45) is 24.6 Å². The maximum atomic E-state index is 9.55. The lowest BCUT2D eigenvalue weighted by Gasteiger charge is -2.19. The van der Waals surface area contributed by atoms with Gasteiger partial charge in [-0.15, -0.1) is 0 Å². The first-order valence-corrected chi connectivity index (χ1v) is 9.86. The minimum absolute atomic E-state index is 0.350. The molecule has 0 radical (unpaired) electrons. The minimum atomic E-state index is 0.350. The number of aryl methyl sites for hydroxylation is 1. The van der Waals surface area contributed by atoms with E-state index >= 15 is 0 Å². The van der Waals surface area contributed by atoms with Gasteiger partial charge in [0.05, 0.1) is 41.6 Å². The number of anilines is 1. The van der Waals surface area contributed by atoms with Crippen molar-refractivity contribution < 1.29 is 0 Å². The van der Waals surface area contributed by atoms with E-state index in [4.69, 9.17) is 10.7 Å². The number of hydrogen-bond acceptors (Lipinski definition) is 7. The number of rotatable bonds is 3. The van der Waals surface area contributed by atoms with Crippen LogP contribution in [0.25, 0.3) is 27.9 Å². The van der Waals surface area contributed by atoms with E-state index in [2.05, 4.69) is 26.2 Å². The smallest absolute Gasteiger partial charge is 0.147 e. The van der Waals surface area contributed by atoms with Crippen LogP contribution >= 0.6 is 0 Å². The Morgan fingerprint density at radius 2 is 1.87 bits per heavy atom. The molecule has 4 aromatic rings. The van der Waals surface area contributed by atoms with Crippen molar-refractivity contribution in [3.63, 3.8) is 0 Å². The predicted octanol–water partition coefficient (Wildman–Crippen LogP) is 1.46. The van der Waals surface area contributed by atoms with Crippen molar-refractivity contribution in [1.82, 2.24) is 29.4 Å². The van der Waals surface area contributed by atoms with Crippen LogP contribution in [0.2, 0.25) is 0 Å². The number of pyridine rings is 1. The standard InChI is InChI=1S/C21H19N9/c1-28-8-14(5-26-28)12-2-15(21-13(3-22)4-27-30(21)9-12)18-6-25-19(7-24-18)29-10-16-17(11-29)20(16)23/h2,4-9,16-17,20H,10-11,23H2,1H3/t16-,17+,20?.